The van der Waals surface area contributed by atoms with Gasteiger partial charge in [-0.1, -0.05) is 75.4 Å². The van der Waals surface area contributed by atoms with E-state index in [1.54, 1.807) is 24.3 Å². The van der Waals surface area contributed by atoms with Gasteiger partial charge in [0.2, 0.25) is 21.8 Å². The highest BCUT2D eigenvalue weighted by molar-refractivity contribution is 7.92. The van der Waals surface area contributed by atoms with Crippen LogP contribution in [-0.2, 0) is 32.6 Å². The van der Waals surface area contributed by atoms with E-state index in [1.807, 2.05) is 70.2 Å². The molecule has 0 aliphatic rings. The maximum absolute atomic E-state index is 14.1. The van der Waals surface area contributed by atoms with Gasteiger partial charge in [-0.25, -0.2) is 12.8 Å². The fourth-order valence-corrected chi connectivity index (χ4v) is 5.27. The summed E-state index contributed by atoms with van der Waals surface area (Å²) in [5, 5.41) is 2.99. The fraction of sp³-hybridized carbons (Fsp3) is 0.375. The number of hydrogen-bond acceptors (Lipinski definition) is 4. The molecular formula is C32H40FN3O4S. The van der Waals surface area contributed by atoms with Gasteiger partial charge in [0.15, 0.2) is 0 Å². The van der Waals surface area contributed by atoms with E-state index in [0.29, 0.717) is 17.7 Å². The van der Waals surface area contributed by atoms with E-state index in [4.69, 9.17) is 0 Å². The van der Waals surface area contributed by atoms with Crippen LogP contribution in [0.2, 0.25) is 0 Å². The van der Waals surface area contributed by atoms with Gasteiger partial charge in [-0.3, -0.25) is 13.9 Å². The minimum absolute atomic E-state index is 0.00553. The molecule has 0 aliphatic carbocycles. The van der Waals surface area contributed by atoms with E-state index in [0.717, 1.165) is 21.7 Å². The number of carbonyl (C=O) groups is 2. The van der Waals surface area contributed by atoms with E-state index in [2.05, 4.69) is 5.32 Å². The highest BCUT2D eigenvalue weighted by Gasteiger charge is 2.33. The lowest BCUT2D eigenvalue weighted by Gasteiger charge is -2.34. The second kappa shape index (κ2) is 14.3. The predicted octanol–water partition coefficient (Wildman–Crippen LogP) is 5.27. The molecule has 3 aromatic carbocycles. The van der Waals surface area contributed by atoms with Crippen molar-refractivity contribution in [2.24, 2.45) is 0 Å². The van der Waals surface area contributed by atoms with Crippen LogP contribution >= 0.6 is 0 Å². The molecule has 0 saturated carbocycles. The molecule has 0 saturated heterocycles. The van der Waals surface area contributed by atoms with Crippen LogP contribution in [0.3, 0.4) is 0 Å². The number of nitrogens with zero attached hydrogens (tertiary/aromatic N) is 2. The Bertz CT molecular complexity index is 1400. The van der Waals surface area contributed by atoms with Crippen molar-refractivity contribution < 1.29 is 22.4 Å². The van der Waals surface area contributed by atoms with Crippen LogP contribution in [0.25, 0.3) is 0 Å². The van der Waals surface area contributed by atoms with Gasteiger partial charge in [0.1, 0.15) is 18.4 Å². The summed E-state index contributed by atoms with van der Waals surface area (Å²) in [5.74, 6) is -1.06. The number of halogens is 1. The summed E-state index contributed by atoms with van der Waals surface area (Å²) in [5.41, 5.74) is 2.85. The monoisotopic (exact) mass is 581 g/mol. The van der Waals surface area contributed by atoms with Crippen molar-refractivity contribution in [3.8, 4) is 0 Å². The number of amides is 2. The Kier molecular flexibility index (Phi) is 11.1. The van der Waals surface area contributed by atoms with Gasteiger partial charge >= 0.3 is 0 Å². The molecule has 0 heterocycles. The Balaban J connectivity index is 2.04. The number of anilines is 1. The van der Waals surface area contributed by atoms with Crippen LogP contribution in [0, 0.1) is 5.82 Å². The average molecular weight is 582 g/mol. The van der Waals surface area contributed by atoms with Gasteiger partial charge in [0.25, 0.3) is 0 Å². The molecule has 41 heavy (non-hydrogen) atoms. The minimum atomic E-state index is -3.85. The Hall–Kier alpha value is -3.72. The molecule has 0 spiro atoms. The average Bonchev–Trinajstić information content (AvgIpc) is 2.94. The first-order valence-corrected chi connectivity index (χ1v) is 15.7. The first-order chi connectivity index (χ1) is 19.4. The SMILES string of the molecule is CC[C@H](C)NC(=O)[C@H](Cc1ccccc1)N(Cc1ccc(F)cc1)C(=O)CN(c1ccc(C(C)C)cc1)S(C)(=O)=O. The van der Waals surface area contributed by atoms with E-state index in [-0.39, 0.29) is 30.8 Å². The topological polar surface area (TPSA) is 86.8 Å². The third-order valence-electron chi connectivity index (χ3n) is 7.07. The van der Waals surface area contributed by atoms with Crippen molar-refractivity contribution in [1.82, 2.24) is 10.2 Å². The zero-order valence-electron chi connectivity index (χ0n) is 24.4. The molecule has 0 unspecified atom stereocenters. The fourth-order valence-electron chi connectivity index (χ4n) is 4.42. The van der Waals surface area contributed by atoms with Crippen LogP contribution < -0.4 is 9.62 Å². The van der Waals surface area contributed by atoms with E-state index in [9.17, 15) is 22.4 Å². The summed E-state index contributed by atoms with van der Waals surface area (Å²) in [6, 6.07) is 21.0. The molecule has 0 aliphatic heterocycles. The highest BCUT2D eigenvalue weighted by Crippen LogP contribution is 2.23. The van der Waals surface area contributed by atoms with E-state index >= 15 is 0 Å². The van der Waals surface area contributed by atoms with Gasteiger partial charge in [0.05, 0.1) is 11.9 Å². The lowest BCUT2D eigenvalue weighted by atomic mass is 10.0. The van der Waals surface area contributed by atoms with Crippen molar-refractivity contribution >= 4 is 27.5 Å². The maximum atomic E-state index is 14.1. The van der Waals surface area contributed by atoms with Gasteiger partial charge in [-0.2, -0.15) is 0 Å². The first-order valence-electron chi connectivity index (χ1n) is 13.8. The van der Waals surface area contributed by atoms with Crippen molar-refractivity contribution in [2.45, 2.75) is 65.1 Å². The Morgan fingerprint density at radius 2 is 1.49 bits per heavy atom. The molecule has 2 atom stereocenters. The van der Waals surface area contributed by atoms with Crippen LogP contribution in [-0.4, -0.2) is 50.0 Å². The number of hydrogen-bond donors (Lipinski definition) is 1. The van der Waals surface area contributed by atoms with Crippen molar-refractivity contribution in [1.29, 1.82) is 0 Å². The van der Waals surface area contributed by atoms with Crippen molar-refractivity contribution in [3.63, 3.8) is 0 Å². The Morgan fingerprint density at radius 1 is 0.878 bits per heavy atom. The number of rotatable bonds is 13. The molecule has 0 aromatic heterocycles. The molecule has 0 fully saturated rings. The molecule has 9 heteroatoms. The lowest BCUT2D eigenvalue weighted by molar-refractivity contribution is -0.140. The van der Waals surface area contributed by atoms with Crippen LogP contribution in [0.5, 0.6) is 0 Å². The van der Waals surface area contributed by atoms with Crippen LogP contribution in [0.1, 0.15) is 56.7 Å². The summed E-state index contributed by atoms with van der Waals surface area (Å²) >= 11 is 0. The summed E-state index contributed by atoms with van der Waals surface area (Å²) in [6.07, 6.45) is 1.97. The molecule has 220 valence electrons. The summed E-state index contributed by atoms with van der Waals surface area (Å²) in [4.78, 5) is 29.1. The van der Waals surface area contributed by atoms with Gasteiger partial charge in [-0.05, 0) is 60.2 Å². The quantitative estimate of drug-likeness (QED) is 0.298. The van der Waals surface area contributed by atoms with Gasteiger partial charge < -0.3 is 10.2 Å². The lowest BCUT2D eigenvalue weighted by Crippen LogP contribution is -2.54. The molecule has 3 rings (SSSR count). The maximum Gasteiger partial charge on any atom is 0.244 e. The molecular weight excluding hydrogens is 541 g/mol. The second-order valence-electron chi connectivity index (χ2n) is 10.7. The van der Waals surface area contributed by atoms with E-state index < -0.39 is 34.3 Å². The van der Waals surface area contributed by atoms with Crippen LogP contribution in [0.15, 0.2) is 78.9 Å². The minimum Gasteiger partial charge on any atom is -0.352 e. The van der Waals surface area contributed by atoms with E-state index in [1.165, 1.54) is 17.0 Å². The van der Waals surface area contributed by atoms with Gasteiger partial charge in [-0.15, -0.1) is 0 Å². The predicted molar refractivity (Wildman–Crippen MR) is 162 cm³/mol. The number of nitrogens with one attached hydrogen (secondary N) is 1. The summed E-state index contributed by atoms with van der Waals surface area (Å²) in [6.45, 7) is 7.41. The first kappa shape index (κ1) is 31.8. The smallest absolute Gasteiger partial charge is 0.244 e. The molecule has 1 N–H and O–H groups in total. The second-order valence-corrected chi connectivity index (χ2v) is 12.6. The molecule has 0 bridgehead atoms. The third-order valence-corrected chi connectivity index (χ3v) is 8.21. The van der Waals surface area contributed by atoms with Crippen molar-refractivity contribution in [3.05, 3.63) is 101 Å². The van der Waals surface area contributed by atoms with Crippen LogP contribution in [0.4, 0.5) is 10.1 Å². The number of benzene rings is 3. The molecule has 2 amide bonds. The largest absolute Gasteiger partial charge is 0.352 e. The number of sulfonamides is 1. The Labute approximate surface area is 243 Å². The standard InChI is InChI=1S/C32H40FN3O4S/c1-6-24(4)34-32(38)30(20-25-10-8-7-9-11-25)35(21-26-12-16-28(33)17-13-26)31(37)22-36(41(5,39)40)29-18-14-27(15-19-29)23(2)3/h7-19,23-24,30H,6,20-22H2,1-5H3,(H,34,38)/t24-,30-/m0/s1. The third kappa shape index (κ3) is 9.14. The molecule has 7 nitrogen and oxygen atoms in total. The van der Waals surface area contributed by atoms with Crippen molar-refractivity contribution in [2.75, 3.05) is 17.1 Å². The highest BCUT2D eigenvalue weighted by atomic mass is 32.2. The normalized spacial score (nSPS) is 13.0. The Morgan fingerprint density at radius 3 is 2.02 bits per heavy atom. The molecule has 3 aromatic rings. The number of carbonyl (C=O) groups excluding carboxylic acids is 2. The zero-order valence-corrected chi connectivity index (χ0v) is 25.2. The summed E-state index contributed by atoms with van der Waals surface area (Å²) < 4.78 is 40.6. The van der Waals surface area contributed by atoms with Gasteiger partial charge in [0, 0.05) is 19.0 Å². The molecule has 0 radical (unpaired) electrons. The zero-order chi connectivity index (χ0) is 30.2. The summed E-state index contributed by atoms with van der Waals surface area (Å²) in [7, 11) is -3.85.